The van der Waals surface area contributed by atoms with E-state index in [2.05, 4.69) is 10.1 Å². The van der Waals surface area contributed by atoms with Crippen molar-refractivity contribution in [2.75, 3.05) is 13.2 Å². The molecule has 0 heterocycles. The molecule has 1 aliphatic rings. The zero-order valence-corrected chi connectivity index (χ0v) is 12.5. The summed E-state index contributed by atoms with van der Waals surface area (Å²) in [6.45, 7) is -1.42. The Bertz CT molecular complexity index is 632. The minimum absolute atomic E-state index is 0.133. The van der Waals surface area contributed by atoms with Crippen molar-refractivity contribution in [3.05, 3.63) is 33.9 Å². The van der Waals surface area contributed by atoms with Gasteiger partial charge >= 0.3 is 6.18 Å². The average molecular weight is 347 g/mol. The summed E-state index contributed by atoms with van der Waals surface area (Å²) in [7, 11) is 0. The van der Waals surface area contributed by atoms with E-state index in [-0.39, 0.29) is 23.9 Å². The lowest BCUT2D eigenvalue weighted by Crippen LogP contribution is -2.38. The highest BCUT2D eigenvalue weighted by Crippen LogP contribution is 2.31. The molecule has 1 atom stereocenters. The molecule has 1 aliphatic carbocycles. The predicted octanol–water partition coefficient (Wildman–Crippen LogP) is 2.00. The van der Waals surface area contributed by atoms with Gasteiger partial charge in [0.15, 0.2) is 6.61 Å². The fraction of sp³-hybridized carbons (Fsp3) is 0.500. The minimum Gasteiger partial charge on any atom is -0.484 e. The summed E-state index contributed by atoms with van der Waals surface area (Å²) >= 11 is 0. The van der Waals surface area contributed by atoms with Crippen LogP contribution >= 0.6 is 0 Å². The van der Waals surface area contributed by atoms with Crippen LogP contribution in [-0.2, 0) is 0 Å². The Balaban J connectivity index is 2.11. The van der Waals surface area contributed by atoms with Crippen molar-refractivity contribution in [3.63, 3.8) is 0 Å². The van der Waals surface area contributed by atoms with Gasteiger partial charge in [0, 0.05) is 18.7 Å². The number of rotatable bonds is 7. The zero-order chi connectivity index (χ0) is 17.9. The van der Waals surface area contributed by atoms with Crippen molar-refractivity contribution in [3.8, 4) is 5.75 Å². The number of benzene rings is 1. The van der Waals surface area contributed by atoms with E-state index in [0.29, 0.717) is 5.92 Å². The molecule has 1 saturated carbocycles. The molecule has 1 amide bonds. The van der Waals surface area contributed by atoms with Gasteiger partial charge in [-0.15, -0.1) is 0 Å². The van der Waals surface area contributed by atoms with Crippen LogP contribution in [0.15, 0.2) is 18.2 Å². The number of hydrogen-bond donors (Lipinski definition) is 2. The molecule has 0 aromatic heterocycles. The zero-order valence-electron chi connectivity index (χ0n) is 12.5. The summed E-state index contributed by atoms with van der Waals surface area (Å²) in [5, 5.41) is 13.5. The molecule has 0 saturated heterocycles. The normalized spacial score (nSPS) is 15.7. The molecule has 132 valence electrons. The Labute approximate surface area is 135 Å². The SMILES string of the molecule is NC(CNC(=O)c1cc(OCC(F)(F)F)ccc1[N+](=O)[O-])C1CC1. The predicted molar refractivity (Wildman–Crippen MR) is 77.7 cm³/mol. The molecular weight excluding hydrogens is 331 g/mol. The number of nitro benzene ring substituents is 1. The Kier molecular flexibility index (Phi) is 5.27. The van der Waals surface area contributed by atoms with E-state index in [9.17, 15) is 28.1 Å². The van der Waals surface area contributed by atoms with Crippen LogP contribution in [0.3, 0.4) is 0 Å². The van der Waals surface area contributed by atoms with Gasteiger partial charge in [0.1, 0.15) is 11.3 Å². The first-order chi connectivity index (χ1) is 11.2. The maximum Gasteiger partial charge on any atom is 0.422 e. The molecule has 1 aromatic carbocycles. The fourth-order valence-corrected chi connectivity index (χ4v) is 2.11. The van der Waals surface area contributed by atoms with E-state index in [0.717, 1.165) is 31.0 Å². The molecule has 0 spiro atoms. The van der Waals surface area contributed by atoms with Gasteiger partial charge in [-0.05, 0) is 30.9 Å². The van der Waals surface area contributed by atoms with Gasteiger partial charge in [0.2, 0.25) is 0 Å². The average Bonchev–Trinajstić information content (AvgIpc) is 3.34. The van der Waals surface area contributed by atoms with Gasteiger partial charge in [-0.1, -0.05) is 0 Å². The molecule has 24 heavy (non-hydrogen) atoms. The number of halogens is 3. The van der Waals surface area contributed by atoms with E-state index < -0.39 is 29.3 Å². The Hall–Kier alpha value is -2.36. The summed E-state index contributed by atoms with van der Waals surface area (Å²) in [6.07, 6.45) is -2.61. The number of ether oxygens (including phenoxy) is 1. The van der Waals surface area contributed by atoms with Crippen molar-refractivity contribution in [1.29, 1.82) is 0 Å². The summed E-state index contributed by atoms with van der Waals surface area (Å²) in [5.41, 5.74) is 4.94. The number of amides is 1. The number of nitrogens with one attached hydrogen (secondary N) is 1. The lowest BCUT2D eigenvalue weighted by molar-refractivity contribution is -0.385. The monoisotopic (exact) mass is 347 g/mol. The number of hydrogen-bond acceptors (Lipinski definition) is 5. The van der Waals surface area contributed by atoms with Crippen molar-refractivity contribution < 1.29 is 27.6 Å². The van der Waals surface area contributed by atoms with Crippen molar-refractivity contribution in [2.24, 2.45) is 11.7 Å². The Morgan fingerprint density at radius 1 is 1.46 bits per heavy atom. The first kappa shape index (κ1) is 18.0. The largest absolute Gasteiger partial charge is 0.484 e. The minimum atomic E-state index is -4.55. The quantitative estimate of drug-likeness (QED) is 0.579. The molecule has 0 radical (unpaired) electrons. The maximum absolute atomic E-state index is 12.2. The topological polar surface area (TPSA) is 107 Å². The number of carbonyl (C=O) groups excluding carboxylic acids is 1. The standard InChI is InChI=1S/C14H16F3N3O4/c15-14(16,17)7-24-9-3-4-12(20(22)23)10(5-9)13(21)19-6-11(18)8-1-2-8/h3-5,8,11H,1-2,6-7,18H2,(H,19,21). The molecule has 7 nitrogen and oxygen atoms in total. The van der Waals surface area contributed by atoms with Gasteiger partial charge in [0.25, 0.3) is 11.6 Å². The molecule has 1 unspecified atom stereocenters. The second kappa shape index (κ2) is 7.04. The smallest absolute Gasteiger partial charge is 0.422 e. The van der Waals surface area contributed by atoms with Crippen LogP contribution in [0, 0.1) is 16.0 Å². The molecule has 0 aliphatic heterocycles. The van der Waals surface area contributed by atoms with Crippen LogP contribution in [0.4, 0.5) is 18.9 Å². The van der Waals surface area contributed by atoms with Gasteiger partial charge in [-0.3, -0.25) is 14.9 Å². The van der Waals surface area contributed by atoms with Crippen molar-refractivity contribution >= 4 is 11.6 Å². The Morgan fingerprint density at radius 3 is 2.67 bits per heavy atom. The third-order valence-electron chi connectivity index (χ3n) is 3.54. The lowest BCUT2D eigenvalue weighted by atomic mass is 10.1. The van der Waals surface area contributed by atoms with E-state index >= 15 is 0 Å². The number of nitro groups is 1. The molecule has 0 bridgehead atoms. The van der Waals surface area contributed by atoms with Crippen LogP contribution in [0.2, 0.25) is 0 Å². The highest BCUT2D eigenvalue weighted by molar-refractivity contribution is 5.98. The van der Waals surface area contributed by atoms with Gasteiger partial charge in [-0.2, -0.15) is 13.2 Å². The number of carbonyl (C=O) groups is 1. The summed E-state index contributed by atoms with van der Waals surface area (Å²) in [5.74, 6) is -0.744. The van der Waals surface area contributed by atoms with E-state index in [4.69, 9.17) is 5.73 Å². The molecular formula is C14H16F3N3O4. The third kappa shape index (κ3) is 5.08. The van der Waals surface area contributed by atoms with E-state index in [1.807, 2.05) is 0 Å². The van der Waals surface area contributed by atoms with Crippen molar-refractivity contribution in [2.45, 2.75) is 25.1 Å². The van der Waals surface area contributed by atoms with Crippen molar-refractivity contribution in [1.82, 2.24) is 5.32 Å². The van der Waals surface area contributed by atoms with Crippen LogP contribution < -0.4 is 15.8 Å². The second-order valence-corrected chi connectivity index (χ2v) is 5.55. The molecule has 2 rings (SSSR count). The molecule has 10 heteroatoms. The first-order valence-corrected chi connectivity index (χ1v) is 7.19. The summed E-state index contributed by atoms with van der Waals surface area (Å²) in [6, 6.07) is 2.61. The first-order valence-electron chi connectivity index (χ1n) is 7.19. The van der Waals surface area contributed by atoms with E-state index in [1.165, 1.54) is 0 Å². The highest BCUT2D eigenvalue weighted by Gasteiger charge is 2.30. The van der Waals surface area contributed by atoms with Gasteiger partial charge < -0.3 is 15.8 Å². The van der Waals surface area contributed by atoms with Gasteiger partial charge in [0.05, 0.1) is 4.92 Å². The lowest BCUT2D eigenvalue weighted by Gasteiger charge is -2.13. The Morgan fingerprint density at radius 2 is 2.12 bits per heavy atom. The number of alkyl halides is 3. The number of nitrogens with zero attached hydrogens (tertiary/aromatic N) is 1. The highest BCUT2D eigenvalue weighted by atomic mass is 19.4. The van der Waals surface area contributed by atoms with Crippen LogP contribution in [0.5, 0.6) is 5.75 Å². The molecule has 1 fully saturated rings. The maximum atomic E-state index is 12.2. The summed E-state index contributed by atoms with van der Waals surface area (Å²) < 4.78 is 41.0. The van der Waals surface area contributed by atoms with Gasteiger partial charge in [-0.25, -0.2) is 0 Å². The van der Waals surface area contributed by atoms with E-state index in [1.54, 1.807) is 0 Å². The fourth-order valence-electron chi connectivity index (χ4n) is 2.11. The number of nitrogens with two attached hydrogens (primary N) is 1. The second-order valence-electron chi connectivity index (χ2n) is 5.55. The third-order valence-corrected chi connectivity index (χ3v) is 3.54. The molecule has 1 aromatic rings. The molecule has 3 N–H and O–H groups in total. The van der Waals surface area contributed by atoms with Crippen LogP contribution in [0.25, 0.3) is 0 Å². The summed E-state index contributed by atoms with van der Waals surface area (Å²) in [4.78, 5) is 22.3. The van der Waals surface area contributed by atoms with Crippen LogP contribution in [0.1, 0.15) is 23.2 Å². The van der Waals surface area contributed by atoms with Crippen LogP contribution in [-0.4, -0.2) is 36.2 Å².